The van der Waals surface area contributed by atoms with Gasteiger partial charge in [0.25, 0.3) is 0 Å². The Morgan fingerprint density at radius 2 is 1.76 bits per heavy atom. The van der Waals surface area contributed by atoms with Crippen LogP contribution in [0.3, 0.4) is 0 Å². The molecule has 0 aliphatic carbocycles. The van der Waals surface area contributed by atoms with Crippen molar-refractivity contribution in [3.05, 3.63) is 35.9 Å². The number of methoxy groups -OCH3 is 1. The molecular weight excluding hydrogens is 216 g/mol. The van der Waals surface area contributed by atoms with Crippen molar-refractivity contribution in [2.45, 2.75) is 26.2 Å². The fraction of sp³-hybridized carbons (Fsp3) is 0.429. The van der Waals surface area contributed by atoms with Crippen molar-refractivity contribution >= 4 is 11.8 Å². The minimum atomic E-state index is -0.376. The largest absolute Gasteiger partial charge is 0.469 e. The molecule has 0 aromatic heterocycles. The number of esters is 1. The van der Waals surface area contributed by atoms with Crippen molar-refractivity contribution in [2.24, 2.45) is 5.92 Å². The van der Waals surface area contributed by atoms with Gasteiger partial charge in [0.05, 0.1) is 13.0 Å². The van der Waals surface area contributed by atoms with E-state index in [9.17, 15) is 9.59 Å². The highest BCUT2D eigenvalue weighted by Gasteiger charge is 2.22. The highest BCUT2D eigenvalue weighted by Crippen LogP contribution is 2.19. The first-order chi connectivity index (χ1) is 8.06. The van der Waals surface area contributed by atoms with Gasteiger partial charge in [-0.1, -0.05) is 44.2 Å². The highest BCUT2D eigenvalue weighted by molar-refractivity contribution is 5.88. The van der Waals surface area contributed by atoms with Gasteiger partial charge in [-0.25, -0.2) is 0 Å². The summed E-state index contributed by atoms with van der Waals surface area (Å²) in [6.07, 6.45) is 0.225. The van der Waals surface area contributed by atoms with Crippen molar-refractivity contribution < 1.29 is 14.3 Å². The van der Waals surface area contributed by atoms with E-state index in [2.05, 4.69) is 4.74 Å². The number of carbonyl (C=O) groups is 2. The molecule has 2 unspecified atom stereocenters. The van der Waals surface area contributed by atoms with Gasteiger partial charge in [0.1, 0.15) is 5.78 Å². The summed E-state index contributed by atoms with van der Waals surface area (Å²) in [5, 5.41) is 0. The molecule has 0 aliphatic rings. The highest BCUT2D eigenvalue weighted by atomic mass is 16.5. The molecule has 0 amide bonds. The van der Waals surface area contributed by atoms with E-state index >= 15 is 0 Å². The maximum atomic E-state index is 12.0. The average molecular weight is 234 g/mol. The molecule has 2 atom stereocenters. The number of hydrogen-bond acceptors (Lipinski definition) is 3. The van der Waals surface area contributed by atoms with E-state index in [0.29, 0.717) is 0 Å². The fourth-order valence-electron chi connectivity index (χ4n) is 1.69. The van der Waals surface area contributed by atoms with E-state index in [1.165, 1.54) is 7.11 Å². The third-order valence-electron chi connectivity index (χ3n) is 2.89. The minimum absolute atomic E-state index is 0.0640. The summed E-state index contributed by atoms with van der Waals surface area (Å²) in [6, 6.07) is 9.57. The Morgan fingerprint density at radius 3 is 2.29 bits per heavy atom. The van der Waals surface area contributed by atoms with E-state index in [4.69, 9.17) is 0 Å². The van der Waals surface area contributed by atoms with Crippen molar-refractivity contribution in [3.8, 4) is 0 Å². The van der Waals surface area contributed by atoms with E-state index in [0.717, 1.165) is 5.56 Å². The second kappa shape index (κ2) is 6.18. The Balaban J connectivity index is 2.62. The topological polar surface area (TPSA) is 43.4 Å². The number of benzene rings is 1. The molecule has 0 radical (unpaired) electrons. The lowest BCUT2D eigenvalue weighted by Gasteiger charge is -2.13. The molecule has 0 aliphatic heterocycles. The van der Waals surface area contributed by atoms with Gasteiger partial charge in [0, 0.05) is 12.3 Å². The predicted octanol–water partition coefficient (Wildman–Crippen LogP) is 2.56. The lowest BCUT2D eigenvalue weighted by molar-refractivity contribution is -0.146. The first kappa shape index (κ1) is 13.4. The quantitative estimate of drug-likeness (QED) is 0.735. The van der Waals surface area contributed by atoms with Crippen molar-refractivity contribution in [1.29, 1.82) is 0 Å². The summed E-state index contributed by atoms with van der Waals surface area (Å²) < 4.78 is 4.61. The molecule has 17 heavy (non-hydrogen) atoms. The van der Waals surface area contributed by atoms with Crippen LogP contribution in [-0.4, -0.2) is 18.9 Å². The zero-order valence-corrected chi connectivity index (χ0v) is 10.5. The Bertz CT molecular complexity index is 384. The zero-order valence-electron chi connectivity index (χ0n) is 10.5. The van der Waals surface area contributed by atoms with E-state index in [1.54, 1.807) is 6.92 Å². The molecule has 1 aromatic rings. The van der Waals surface area contributed by atoms with Crippen LogP contribution >= 0.6 is 0 Å². The molecule has 1 rings (SSSR count). The number of rotatable bonds is 5. The normalized spacial score (nSPS) is 13.8. The van der Waals surface area contributed by atoms with Gasteiger partial charge in [-0.05, 0) is 5.56 Å². The molecule has 0 spiro atoms. The second-order valence-corrected chi connectivity index (χ2v) is 4.23. The molecule has 0 fully saturated rings. The van der Waals surface area contributed by atoms with E-state index < -0.39 is 0 Å². The van der Waals surface area contributed by atoms with Crippen LogP contribution in [0.25, 0.3) is 0 Å². The van der Waals surface area contributed by atoms with Gasteiger partial charge in [-0.15, -0.1) is 0 Å². The molecule has 0 N–H and O–H groups in total. The van der Waals surface area contributed by atoms with Gasteiger partial charge in [0.2, 0.25) is 0 Å². The Morgan fingerprint density at radius 1 is 1.18 bits per heavy atom. The van der Waals surface area contributed by atoms with Gasteiger partial charge in [-0.2, -0.15) is 0 Å². The Hall–Kier alpha value is -1.64. The van der Waals surface area contributed by atoms with Crippen LogP contribution in [0.4, 0.5) is 0 Å². The number of carbonyl (C=O) groups excluding carboxylic acids is 2. The summed E-state index contributed by atoms with van der Waals surface area (Å²) in [7, 11) is 1.34. The maximum Gasteiger partial charge on any atom is 0.308 e. The molecule has 92 valence electrons. The minimum Gasteiger partial charge on any atom is -0.469 e. The van der Waals surface area contributed by atoms with E-state index in [-0.39, 0.29) is 30.0 Å². The molecule has 1 aromatic carbocycles. The summed E-state index contributed by atoms with van der Waals surface area (Å²) in [4.78, 5) is 23.2. The summed E-state index contributed by atoms with van der Waals surface area (Å²) in [5.74, 6) is -0.824. The first-order valence-electron chi connectivity index (χ1n) is 5.71. The molecule has 3 heteroatoms. The predicted molar refractivity (Wildman–Crippen MR) is 65.7 cm³/mol. The Labute approximate surface area is 102 Å². The lowest BCUT2D eigenvalue weighted by atomic mass is 9.91. The first-order valence-corrected chi connectivity index (χ1v) is 5.71. The van der Waals surface area contributed by atoms with Crippen molar-refractivity contribution in [3.63, 3.8) is 0 Å². The number of hydrogen-bond donors (Lipinski definition) is 0. The van der Waals surface area contributed by atoms with Crippen LogP contribution < -0.4 is 0 Å². The van der Waals surface area contributed by atoms with Crippen LogP contribution in [0.5, 0.6) is 0 Å². The monoisotopic (exact) mass is 234 g/mol. The lowest BCUT2D eigenvalue weighted by Crippen LogP contribution is -2.19. The zero-order chi connectivity index (χ0) is 12.8. The molecule has 3 nitrogen and oxygen atoms in total. The molecule has 0 bridgehead atoms. The van der Waals surface area contributed by atoms with E-state index in [1.807, 2.05) is 37.3 Å². The van der Waals surface area contributed by atoms with Gasteiger partial charge >= 0.3 is 5.97 Å². The summed E-state index contributed by atoms with van der Waals surface area (Å²) >= 11 is 0. The van der Waals surface area contributed by atoms with Gasteiger partial charge in [0.15, 0.2) is 0 Å². The maximum absolute atomic E-state index is 12.0. The van der Waals surface area contributed by atoms with Crippen LogP contribution in [0.15, 0.2) is 30.3 Å². The van der Waals surface area contributed by atoms with Crippen molar-refractivity contribution in [1.82, 2.24) is 0 Å². The second-order valence-electron chi connectivity index (χ2n) is 4.23. The number of ketones is 1. The van der Waals surface area contributed by atoms with Crippen LogP contribution in [-0.2, 0) is 14.3 Å². The Kier molecular flexibility index (Phi) is 4.88. The third kappa shape index (κ3) is 3.70. The average Bonchev–Trinajstić information content (AvgIpc) is 2.37. The molecular formula is C14H18O3. The SMILES string of the molecule is COC(=O)C(C)CC(=O)C(C)c1ccccc1. The standard InChI is InChI=1S/C14H18O3/c1-10(14(16)17-3)9-13(15)11(2)12-7-5-4-6-8-12/h4-8,10-11H,9H2,1-3H3. The summed E-state index contributed by atoms with van der Waals surface area (Å²) in [5.41, 5.74) is 0.981. The molecule has 0 saturated heterocycles. The van der Waals surface area contributed by atoms with Crippen LogP contribution in [0.1, 0.15) is 31.7 Å². The molecule has 0 saturated carbocycles. The van der Waals surface area contributed by atoms with Crippen LogP contribution in [0, 0.1) is 5.92 Å². The number of Topliss-reactive ketones (excluding diaryl/α,β-unsaturated/α-hetero) is 1. The number of ether oxygens (including phenoxy) is 1. The fourth-order valence-corrected chi connectivity index (χ4v) is 1.69. The molecule has 0 heterocycles. The van der Waals surface area contributed by atoms with Gasteiger partial charge < -0.3 is 4.74 Å². The van der Waals surface area contributed by atoms with Crippen LogP contribution in [0.2, 0.25) is 0 Å². The van der Waals surface area contributed by atoms with Crippen molar-refractivity contribution in [2.75, 3.05) is 7.11 Å². The smallest absolute Gasteiger partial charge is 0.308 e. The third-order valence-corrected chi connectivity index (χ3v) is 2.89. The van der Waals surface area contributed by atoms with Gasteiger partial charge in [-0.3, -0.25) is 9.59 Å². The summed E-state index contributed by atoms with van der Waals surface area (Å²) in [6.45, 7) is 3.57.